The summed E-state index contributed by atoms with van der Waals surface area (Å²) in [7, 11) is -3.65. The molecule has 7 nitrogen and oxygen atoms in total. The first kappa shape index (κ1) is 19.8. The lowest BCUT2D eigenvalue weighted by atomic mass is 10.2. The van der Waals surface area contributed by atoms with E-state index in [1.165, 1.54) is 12.1 Å². The minimum atomic E-state index is -3.65. The topological polar surface area (TPSA) is 98.5 Å². The number of carbonyl (C=O) groups is 1. The summed E-state index contributed by atoms with van der Waals surface area (Å²) < 4.78 is 37.0. The number of hydrogen-bond acceptors (Lipinski definition) is 6. The van der Waals surface area contributed by atoms with Gasteiger partial charge in [0.25, 0.3) is 0 Å². The van der Waals surface area contributed by atoms with Crippen molar-refractivity contribution < 1.29 is 22.5 Å². The number of rotatable bonds is 8. The van der Waals surface area contributed by atoms with Crippen molar-refractivity contribution in [1.29, 1.82) is 0 Å². The number of carbonyl (C=O) groups excluding carboxylic acids is 1. The fraction of sp³-hybridized carbons (Fsp3) is 0.200. The summed E-state index contributed by atoms with van der Waals surface area (Å²) in [6.07, 6.45) is -0.0888. The zero-order valence-corrected chi connectivity index (χ0v) is 16.1. The number of benzene rings is 2. The van der Waals surface area contributed by atoms with Crippen LogP contribution in [-0.2, 0) is 26.2 Å². The average molecular weight is 400 g/mol. The molecule has 0 aliphatic heterocycles. The monoisotopic (exact) mass is 400 g/mol. The van der Waals surface area contributed by atoms with Crippen LogP contribution in [0.4, 0.5) is 0 Å². The molecule has 28 heavy (non-hydrogen) atoms. The molecule has 0 saturated heterocycles. The Morgan fingerprint density at radius 1 is 1.11 bits per heavy atom. The molecule has 0 amide bonds. The predicted octanol–water partition coefficient (Wildman–Crippen LogP) is 3.06. The minimum absolute atomic E-state index is 0.0418. The third-order valence-corrected chi connectivity index (χ3v) is 5.43. The molecule has 2 aromatic carbocycles. The van der Waals surface area contributed by atoms with E-state index in [1.807, 2.05) is 37.3 Å². The highest BCUT2D eigenvalue weighted by Gasteiger charge is 2.15. The zero-order chi connectivity index (χ0) is 20.0. The molecule has 0 fully saturated rings. The normalized spacial score (nSPS) is 11.3. The number of ether oxygens (including phenoxy) is 1. The van der Waals surface area contributed by atoms with E-state index in [-0.39, 0.29) is 24.5 Å². The molecule has 0 saturated carbocycles. The quantitative estimate of drug-likeness (QED) is 0.584. The van der Waals surface area contributed by atoms with Gasteiger partial charge in [-0.15, -0.1) is 0 Å². The highest BCUT2D eigenvalue weighted by Crippen LogP contribution is 2.20. The standard InChI is InChI=1S/C20H20N2O5S/c1-15-7-9-18(10-8-15)28(24,25)21-12-11-20(23)26-14-17-13-19(27-22-17)16-5-3-2-4-6-16/h2-10,13,21H,11-12,14H2,1H3. The molecule has 0 radical (unpaired) electrons. The number of nitrogens with zero attached hydrogens (tertiary/aromatic N) is 1. The van der Waals surface area contributed by atoms with E-state index in [2.05, 4.69) is 9.88 Å². The summed E-state index contributed by atoms with van der Waals surface area (Å²) in [6.45, 7) is 1.78. The highest BCUT2D eigenvalue weighted by molar-refractivity contribution is 7.89. The lowest BCUT2D eigenvalue weighted by Crippen LogP contribution is -2.26. The second-order valence-corrected chi connectivity index (χ2v) is 7.94. The number of aryl methyl sites for hydroxylation is 1. The van der Waals surface area contributed by atoms with Crippen LogP contribution in [0.5, 0.6) is 0 Å². The average Bonchev–Trinajstić information content (AvgIpc) is 3.16. The fourth-order valence-electron chi connectivity index (χ4n) is 2.43. The summed E-state index contributed by atoms with van der Waals surface area (Å²) in [5, 5.41) is 3.87. The van der Waals surface area contributed by atoms with Gasteiger partial charge < -0.3 is 9.26 Å². The molecule has 0 aliphatic rings. The van der Waals surface area contributed by atoms with Gasteiger partial charge in [0.1, 0.15) is 12.3 Å². The van der Waals surface area contributed by atoms with E-state index >= 15 is 0 Å². The van der Waals surface area contributed by atoms with Gasteiger partial charge in [-0.3, -0.25) is 4.79 Å². The predicted molar refractivity (Wildman–Crippen MR) is 103 cm³/mol. The van der Waals surface area contributed by atoms with E-state index in [0.717, 1.165) is 11.1 Å². The molecule has 0 bridgehead atoms. The van der Waals surface area contributed by atoms with E-state index < -0.39 is 16.0 Å². The number of esters is 1. The van der Waals surface area contributed by atoms with E-state index in [4.69, 9.17) is 9.26 Å². The maximum atomic E-state index is 12.2. The second kappa shape index (κ2) is 8.81. The molecule has 1 aromatic heterocycles. The number of hydrogen-bond donors (Lipinski definition) is 1. The summed E-state index contributed by atoms with van der Waals surface area (Å²) in [5.41, 5.74) is 2.32. The molecule has 3 rings (SSSR count). The first-order chi connectivity index (χ1) is 13.4. The Hall–Kier alpha value is -2.97. The van der Waals surface area contributed by atoms with Crippen molar-refractivity contribution in [2.45, 2.75) is 24.8 Å². The van der Waals surface area contributed by atoms with Crippen LogP contribution in [0.25, 0.3) is 11.3 Å². The Bertz CT molecular complexity index is 1030. The van der Waals surface area contributed by atoms with Crippen LogP contribution in [0.2, 0.25) is 0 Å². The molecule has 8 heteroatoms. The lowest BCUT2D eigenvalue weighted by molar-refractivity contribution is -0.144. The molecule has 3 aromatic rings. The van der Waals surface area contributed by atoms with Crippen molar-refractivity contribution in [3.63, 3.8) is 0 Å². The Morgan fingerprint density at radius 3 is 2.54 bits per heavy atom. The molecular formula is C20H20N2O5S. The summed E-state index contributed by atoms with van der Waals surface area (Å²) in [6, 6.07) is 17.6. The minimum Gasteiger partial charge on any atom is -0.459 e. The Labute approximate surface area is 163 Å². The van der Waals surface area contributed by atoms with Gasteiger partial charge in [0.2, 0.25) is 10.0 Å². The first-order valence-electron chi connectivity index (χ1n) is 8.67. The van der Waals surface area contributed by atoms with Gasteiger partial charge in [-0.2, -0.15) is 0 Å². The van der Waals surface area contributed by atoms with Crippen LogP contribution in [0.1, 0.15) is 17.7 Å². The van der Waals surface area contributed by atoms with Crippen LogP contribution in [0, 0.1) is 6.92 Å². The third kappa shape index (κ3) is 5.28. The Kier molecular flexibility index (Phi) is 6.23. The van der Waals surface area contributed by atoms with Crippen LogP contribution in [0.3, 0.4) is 0 Å². The highest BCUT2D eigenvalue weighted by atomic mass is 32.2. The van der Waals surface area contributed by atoms with Gasteiger partial charge in [0.15, 0.2) is 5.76 Å². The largest absolute Gasteiger partial charge is 0.459 e. The van der Waals surface area contributed by atoms with Crippen molar-refractivity contribution in [1.82, 2.24) is 9.88 Å². The first-order valence-corrected chi connectivity index (χ1v) is 10.2. The maximum Gasteiger partial charge on any atom is 0.307 e. The Morgan fingerprint density at radius 2 is 1.82 bits per heavy atom. The van der Waals surface area contributed by atoms with E-state index in [9.17, 15) is 13.2 Å². The third-order valence-electron chi connectivity index (χ3n) is 3.95. The van der Waals surface area contributed by atoms with Gasteiger partial charge in [0.05, 0.1) is 11.3 Å². The fourth-order valence-corrected chi connectivity index (χ4v) is 3.46. The molecule has 0 atom stereocenters. The van der Waals surface area contributed by atoms with Crippen molar-refractivity contribution in [3.05, 3.63) is 71.9 Å². The van der Waals surface area contributed by atoms with Crippen LogP contribution >= 0.6 is 0 Å². The SMILES string of the molecule is Cc1ccc(S(=O)(=O)NCCC(=O)OCc2cc(-c3ccccc3)on2)cc1. The number of nitrogens with one attached hydrogen (secondary N) is 1. The molecule has 1 N–H and O–H groups in total. The van der Waals surface area contributed by atoms with Crippen LogP contribution in [-0.4, -0.2) is 26.1 Å². The zero-order valence-electron chi connectivity index (χ0n) is 15.3. The molecule has 146 valence electrons. The van der Waals surface area contributed by atoms with Gasteiger partial charge in [0, 0.05) is 18.2 Å². The lowest BCUT2D eigenvalue weighted by Gasteiger charge is -2.07. The molecule has 0 spiro atoms. The molecule has 1 heterocycles. The summed E-state index contributed by atoms with van der Waals surface area (Å²) in [4.78, 5) is 12.0. The van der Waals surface area contributed by atoms with E-state index in [1.54, 1.807) is 18.2 Å². The number of sulfonamides is 1. The smallest absolute Gasteiger partial charge is 0.307 e. The molecule has 0 unspecified atom stereocenters. The van der Waals surface area contributed by atoms with Crippen LogP contribution in [0.15, 0.2) is 70.1 Å². The van der Waals surface area contributed by atoms with Gasteiger partial charge in [-0.25, -0.2) is 13.1 Å². The van der Waals surface area contributed by atoms with Crippen molar-refractivity contribution >= 4 is 16.0 Å². The summed E-state index contributed by atoms with van der Waals surface area (Å²) >= 11 is 0. The number of aromatic nitrogens is 1. The van der Waals surface area contributed by atoms with Gasteiger partial charge in [-0.1, -0.05) is 53.2 Å². The molecular weight excluding hydrogens is 380 g/mol. The van der Waals surface area contributed by atoms with Crippen molar-refractivity contribution in [3.8, 4) is 11.3 Å². The van der Waals surface area contributed by atoms with Crippen LogP contribution < -0.4 is 4.72 Å². The van der Waals surface area contributed by atoms with Crippen molar-refractivity contribution in [2.24, 2.45) is 0 Å². The Balaban J connectivity index is 1.45. The molecule has 0 aliphatic carbocycles. The van der Waals surface area contributed by atoms with Gasteiger partial charge >= 0.3 is 5.97 Å². The second-order valence-electron chi connectivity index (χ2n) is 6.17. The van der Waals surface area contributed by atoms with Gasteiger partial charge in [-0.05, 0) is 19.1 Å². The van der Waals surface area contributed by atoms with E-state index in [0.29, 0.717) is 11.5 Å². The van der Waals surface area contributed by atoms with Crippen molar-refractivity contribution in [2.75, 3.05) is 6.54 Å². The maximum absolute atomic E-state index is 12.2. The summed E-state index contributed by atoms with van der Waals surface area (Å²) in [5.74, 6) is 0.0494.